The van der Waals surface area contributed by atoms with Crippen molar-refractivity contribution in [3.05, 3.63) is 59.8 Å². The zero-order valence-electron chi connectivity index (χ0n) is 15.6. The summed E-state index contributed by atoms with van der Waals surface area (Å²) in [7, 11) is -1.05. The van der Waals surface area contributed by atoms with E-state index < -0.39 is 10.0 Å². The zero-order chi connectivity index (χ0) is 20.1. The molecule has 0 aliphatic carbocycles. The first-order valence-corrected chi connectivity index (χ1v) is 9.80. The quantitative estimate of drug-likeness (QED) is 0.469. The number of nitrogens with zero attached hydrogens (tertiary/aromatic N) is 2. The van der Waals surface area contributed by atoms with Gasteiger partial charge in [0.05, 0.1) is 32.3 Å². The van der Waals surface area contributed by atoms with E-state index in [1.165, 1.54) is 38.6 Å². The van der Waals surface area contributed by atoms with E-state index in [-0.39, 0.29) is 10.6 Å². The minimum atomic E-state index is -3.92. The number of aromatic amines is 1. The number of hydrogen-bond acceptors (Lipinski definition) is 6. The van der Waals surface area contributed by atoms with Crippen molar-refractivity contribution in [2.24, 2.45) is 5.10 Å². The molecule has 1 aromatic heterocycles. The van der Waals surface area contributed by atoms with Crippen molar-refractivity contribution >= 4 is 16.2 Å². The number of methoxy groups -OCH3 is 2. The largest absolute Gasteiger partial charge is 0.497 e. The molecular weight excluding hydrogens is 380 g/mol. The lowest BCUT2D eigenvalue weighted by atomic mass is 10.1. The van der Waals surface area contributed by atoms with Gasteiger partial charge in [-0.1, -0.05) is 29.8 Å². The van der Waals surface area contributed by atoms with Crippen LogP contribution < -0.4 is 14.3 Å². The summed E-state index contributed by atoms with van der Waals surface area (Å²) >= 11 is 0. The van der Waals surface area contributed by atoms with Crippen molar-refractivity contribution in [2.45, 2.75) is 11.8 Å². The summed E-state index contributed by atoms with van der Waals surface area (Å²) in [6, 6.07) is 12.3. The summed E-state index contributed by atoms with van der Waals surface area (Å²) in [5.74, 6) is 0.645. The predicted molar refractivity (Wildman–Crippen MR) is 106 cm³/mol. The number of hydrogen-bond donors (Lipinski definition) is 2. The average Bonchev–Trinajstić information content (AvgIpc) is 3.16. The van der Waals surface area contributed by atoms with Gasteiger partial charge in [-0.25, -0.2) is 0 Å². The molecule has 1 heterocycles. The van der Waals surface area contributed by atoms with Crippen LogP contribution in [0.15, 0.2) is 58.7 Å². The smallest absolute Gasteiger partial charge is 0.280 e. The van der Waals surface area contributed by atoms with Gasteiger partial charge in [-0.2, -0.15) is 23.4 Å². The molecule has 0 spiro atoms. The highest BCUT2D eigenvalue weighted by Crippen LogP contribution is 2.28. The summed E-state index contributed by atoms with van der Waals surface area (Å²) in [6.45, 7) is 2.00. The Bertz CT molecular complexity index is 1090. The maximum absolute atomic E-state index is 12.6. The summed E-state index contributed by atoms with van der Waals surface area (Å²) in [5.41, 5.74) is 3.45. The molecule has 2 aromatic carbocycles. The fourth-order valence-electron chi connectivity index (χ4n) is 2.56. The number of sulfonamides is 1. The van der Waals surface area contributed by atoms with Crippen LogP contribution in [0.3, 0.4) is 0 Å². The standard InChI is InChI=1S/C19H20N4O4S/c1-13-4-6-14(7-5-13)19-15(11-20-22-19)12-21-23-28(24,25)18-9-8-16(26-2)10-17(18)27-3/h4-12,23H,1-3H3,(H,20,22)/b21-12+. The molecule has 0 saturated carbocycles. The molecule has 0 bridgehead atoms. The maximum Gasteiger partial charge on any atom is 0.280 e. The van der Waals surface area contributed by atoms with E-state index in [0.29, 0.717) is 11.3 Å². The molecule has 0 aliphatic rings. The third-order valence-corrected chi connectivity index (χ3v) is 5.31. The van der Waals surface area contributed by atoms with Gasteiger partial charge < -0.3 is 9.47 Å². The van der Waals surface area contributed by atoms with E-state index in [4.69, 9.17) is 9.47 Å². The highest BCUT2D eigenvalue weighted by atomic mass is 32.2. The van der Waals surface area contributed by atoms with E-state index in [0.717, 1.165) is 16.8 Å². The molecule has 0 atom stereocenters. The van der Waals surface area contributed by atoms with Gasteiger partial charge in [0.15, 0.2) is 0 Å². The van der Waals surface area contributed by atoms with Crippen LogP contribution in [-0.4, -0.2) is 39.0 Å². The Morgan fingerprint density at radius 3 is 2.54 bits per heavy atom. The molecule has 0 radical (unpaired) electrons. The van der Waals surface area contributed by atoms with Crippen molar-refractivity contribution in [3.8, 4) is 22.8 Å². The van der Waals surface area contributed by atoms with Crippen LogP contribution in [0.1, 0.15) is 11.1 Å². The minimum absolute atomic E-state index is 0.0427. The first kappa shape index (κ1) is 19.4. The van der Waals surface area contributed by atoms with Crippen LogP contribution in [0.4, 0.5) is 0 Å². The first-order chi connectivity index (χ1) is 13.4. The van der Waals surface area contributed by atoms with Gasteiger partial charge in [-0.05, 0) is 19.1 Å². The summed E-state index contributed by atoms with van der Waals surface area (Å²) < 4.78 is 35.4. The number of H-pyrrole nitrogens is 1. The number of benzene rings is 2. The number of aryl methyl sites for hydroxylation is 1. The third-order valence-electron chi connectivity index (χ3n) is 4.05. The third kappa shape index (κ3) is 4.15. The highest BCUT2D eigenvalue weighted by molar-refractivity contribution is 7.89. The molecule has 3 rings (SSSR count). The number of aromatic nitrogens is 2. The van der Waals surface area contributed by atoms with Crippen molar-refractivity contribution in [2.75, 3.05) is 14.2 Å². The number of ether oxygens (including phenoxy) is 2. The highest BCUT2D eigenvalue weighted by Gasteiger charge is 2.19. The van der Waals surface area contributed by atoms with Gasteiger partial charge >= 0.3 is 0 Å². The second-order valence-electron chi connectivity index (χ2n) is 5.94. The molecule has 0 unspecified atom stereocenters. The second kappa shape index (κ2) is 8.13. The average molecular weight is 400 g/mol. The van der Waals surface area contributed by atoms with Crippen LogP contribution in [-0.2, 0) is 10.0 Å². The molecule has 9 heteroatoms. The molecular formula is C19H20N4O4S. The van der Waals surface area contributed by atoms with E-state index in [1.807, 2.05) is 31.2 Å². The molecule has 0 aliphatic heterocycles. The molecule has 0 saturated heterocycles. The lowest BCUT2D eigenvalue weighted by Crippen LogP contribution is -2.19. The minimum Gasteiger partial charge on any atom is -0.497 e. The van der Waals surface area contributed by atoms with Crippen LogP contribution >= 0.6 is 0 Å². The van der Waals surface area contributed by atoms with Crippen molar-refractivity contribution in [1.82, 2.24) is 15.0 Å². The van der Waals surface area contributed by atoms with Crippen molar-refractivity contribution in [1.29, 1.82) is 0 Å². The normalized spacial score (nSPS) is 11.5. The number of hydrazone groups is 1. The van der Waals surface area contributed by atoms with E-state index in [1.54, 1.807) is 6.20 Å². The van der Waals surface area contributed by atoms with Crippen molar-refractivity contribution < 1.29 is 17.9 Å². The molecule has 0 amide bonds. The molecule has 28 heavy (non-hydrogen) atoms. The molecule has 2 N–H and O–H groups in total. The van der Waals surface area contributed by atoms with Gasteiger partial charge in [0.25, 0.3) is 10.0 Å². The lowest BCUT2D eigenvalue weighted by molar-refractivity contribution is 0.386. The summed E-state index contributed by atoms with van der Waals surface area (Å²) in [6.07, 6.45) is 2.97. The Hall–Kier alpha value is -3.33. The summed E-state index contributed by atoms with van der Waals surface area (Å²) in [5, 5.41) is 10.8. The van der Waals surface area contributed by atoms with Gasteiger partial charge in [-0.3, -0.25) is 5.10 Å². The SMILES string of the molecule is COc1ccc(S(=O)(=O)N/N=C/c2cn[nH]c2-c2ccc(C)cc2)c(OC)c1. The van der Waals surface area contributed by atoms with E-state index in [9.17, 15) is 8.42 Å². The van der Waals surface area contributed by atoms with Gasteiger partial charge in [0.2, 0.25) is 0 Å². The Morgan fingerprint density at radius 1 is 1.11 bits per heavy atom. The van der Waals surface area contributed by atoms with Crippen LogP contribution in [0, 0.1) is 6.92 Å². The first-order valence-electron chi connectivity index (χ1n) is 8.32. The summed E-state index contributed by atoms with van der Waals surface area (Å²) in [4.78, 5) is 2.15. The molecule has 3 aromatic rings. The fourth-order valence-corrected chi connectivity index (χ4v) is 3.50. The van der Waals surface area contributed by atoms with E-state index >= 15 is 0 Å². The second-order valence-corrected chi connectivity index (χ2v) is 7.57. The fraction of sp³-hybridized carbons (Fsp3) is 0.158. The van der Waals surface area contributed by atoms with Gasteiger partial charge in [0, 0.05) is 17.2 Å². The molecule has 0 fully saturated rings. The van der Waals surface area contributed by atoms with Crippen LogP contribution in [0.2, 0.25) is 0 Å². The predicted octanol–water partition coefficient (Wildman–Crippen LogP) is 2.71. The van der Waals surface area contributed by atoms with Crippen molar-refractivity contribution in [3.63, 3.8) is 0 Å². The van der Waals surface area contributed by atoms with Gasteiger partial charge in [-0.15, -0.1) is 0 Å². The Balaban J connectivity index is 1.82. The zero-order valence-corrected chi connectivity index (χ0v) is 16.4. The molecule has 8 nitrogen and oxygen atoms in total. The number of nitrogens with one attached hydrogen (secondary N) is 2. The number of rotatable bonds is 7. The van der Waals surface area contributed by atoms with E-state index in [2.05, 4.69) is 20.1 Å². The Labute approximate surface area is 163 Å². The van der Waals surface area contributed by atoms with Crippen LogP contribution in [0.25, 0.3) is 11.3 Å². The Morgan fingerprint density at radius 2 is 1.86 bits per heavy atom. The monoisotopic (exact) mass is 400 g/mol. The Kier molecular flexibility index (Phi) is 5.65. The molecule has 146 valence electrons. The van der Waals surface area contributed by atoms with Gasteiger partial charge in [0.1, 0.15) is 16.4 Å². The lowest BCUT2D eigenvalue weighted by Gasteiger charge is -2.10. The topological polar surface area (TPSA) is 106 Å². The van der Waals surface area contributed by atoms with Crippen LogP contribution in [0.5, 0.6) is 11.5 Å². The maximum atomic E-state index is 12.6.